The fraction of sp³-hybridized carbons (Fsp3) is 1.00. The fourth-order valence-electron chi connectivity index (χ4n) is 2.17. The second kappa shape index (κ2) is 13.1. The monoisotopic (exact) mass is 333 g/mol. The van der Waals surface area contributed by atoms with Crippen LogP contribution in [0.5, 0.6) is 0 Å². The van der Waals surface area contributed by atoms with Gasteiger partial charge in [0, 0.05) is 12.8 Å². The number of nitrogens with one attached hydrogen (secondary N) is 1. The van der Waals surface area contributed by atoms with Crippen LogP contribution in [0.3, 0.4) is 0 Å². The van der Waals surface area contributed by atoms with Crippen molar-refractivity contribution >= 4 is 0 Å². The van der Waals surface area contributed by atoms with Gasteiger partial charge in [-0.15, -0.1) is 0 Å². The number of rotatable bonds is 16. The van der Waals surface area contributed by atoms with E-state index in [1.54, 1.807) is 0 Å². The minimum Gasteiger partial charge on any atom is -0.337 e. The minimum atomic E-state index is -0.872. The van der Waals surface area contributed by atoms with Crippen LogP contribution in [0.15, 0.2) is 0 Å². The first-order valence-corrected chi connectivity index (χ1v) is 9.42. The van der Waals surface area contributed by atoms with Crippen LogP contribution in [0.2, 0.25) is 0 Å². The molecule has 0 aliphatic heterocycles. The zero-order valence-electron chi connectivity index (χ0n) is 16.2. The van der Waals surface area contributed by atoms with Crippen molar-refractivity contribution in [2.45, 2.75) is 91.9 Å². The summed E-state index contributed by atoms with van der Waals surface area (Å²) in [5.74, 6) is -1.74. The summed E-state index contributed by atoms with van der Waals surface area (Å²) in [4.78, 5) is 0. The maximum Gasteiger partial charge on any atom is 0.231 e. The van der Waals surface area contributed by atoms with Crippen molar-refractivity contribution in [3.05, 3.63) is 0 Å². The SMILES string of the molecule is CCCOC(CC)(NC(CC)(OCCC)OCCC)OCCC. The molecule has 0 aliphatic rings. The molecular formula is C18H39NO4. The van der Waals surface area contributed by atoms with E-state index in [-0.39, 0.29) is 0 Å². The summed E-state index contributed by atoms with van der Waals surface area (Å²) in [6.07, 6.45) is 5.10. The third-order valence-corrected chi connectivity index (χ3v) is 3.47. The molecule has 0 bridgehead atoms. The highest BCUT2D eigenvalue weighted by Crippen LogP contribution is 2.25. The largest absolute Gasteiger partial charge is 0.337 e. The molecule has 0 rings (SSSR count). The third-order valence-electron chi connectivity index (χ3n) is 3.47. The maximum absolute atomic E-state index is 6.05. The van der Waals surface area contributed by atoms with Crippen LogP contribution < -0.4 is 5.32 Å². The second-order valence-corrected chi connectivity index (χ2v) is 5.73. The first-order valence-electron chi connectivity index (χ1n) is 9.42. The van der Waals surface area contributed by atoms with Crippen molar-refractivity contribution in [2.75, 3.05) is 26.4 Å². The van der Waals surface area contributed by atoms with E-state index in [4.69, 9.17) is 18.9 Å². The van der Waals surface area contributed by atoms with Crippen molar-refractivity contribution < 1.29 is 18.9 Å². The molecule has 0 aromatic carbocycles. The lowest BCUT2D eigenvalue weighted by Gasteiger charge is -2.43. The molecule has 0 fully saturated rings. The third kappa shape index (κ3) is 8.45. The van der Waals surface area contributed by atoms with Gasteiger partial charge in [-0.3, -0.25) is 0 Å². The predicted octanol–water partition coefficient (Wildman–Crippen LogP) is 4.41. The molecule has 23 heavy (non-hydrogen) atoms. The van der Waals surface area contributed by atoms with Crippen LogP contribution in [0, 0.1) is 0 Å². The summed E-state index contributed by atoms with van der Waals surface area (Å²) < 4.78 is 24.2. The number of ether oxygens (including phenoxy) is 4. The molecule has 5 heteroatoms. The average molecular weight is 334 g/mol. The Morgan fingerprint density at radius 2 is 0.783 bits per heavy atom. The van der Waals surface area contributed by atoms with Crippen LogP contribution in [0.1, 0.15) is 80.1 Å². The van der Waals surface area contributed by atoms with Crippen molar-refractivity contribution in [2.24, 2.45) is 0 Å². The van der Waals surface area contributed by atoms with Crippen molar-refractivity contribution in [3.8, 4) is 0 Å². The minimum absolute atomic E-state index is 0.631. The molecule has 1 N–H and O–H groups in total. The Hall–Kier alpha value is -0.200. The van der Waals surface area contributed by atoms with E-state index in [0.717, 1.165) is 25.7 Å². The predicted molar refractivity (Wildman–Crippen MR) is 94.2 cm³/mol. The molecule has 0 unspecified atom stereocenters. The molecule has 5 nitrogen and oxygen atoms in total. The second-order valence-electron chi connectivity index (χ2n) is 5.73. The molecule has 0 amide bonds. The van der Waals surface area contributed by atoms with Gasteiger partial charge in [-0.1, -0.05) is 41.5 Å². The molecule has 0 spiro atoms. The van der Waals surface area contributed by atoms with Gasteiger partial charge in [-0.2, -0.15) is 0 Å². The van der Waals surface area contributed by atoms with Gasteiger partial charge in [0.15, 0.2) is 0 Å². The Bertz CT molecular complexity index is 232. The van der Waals surface area contributed by atoms with E-state index in [9.17, 15) is 0 Å². The van der Waals surface area contributed by atoms with Crippen LogP contribution in [0.25, 0.3) is 0 Å². The quantitative estimate of drug-likeness (QED) is 0.424. The zero-order valence-corrected chi connectivity index (χ0v) is 16.2. The van der Waals surface area contributed by atoms with E-state index in [0.29, 0.717) is 39.3 Å². The summed E-state index contributed by atoms with van der Waals surface area (Å²) in [5, 5.41) is 3.43. The van der Waals surface area contributed by atoms with E-state index in [1.165, 1.54) is 0 Å². The summed E-state index contributed by atoms with van der Waals surface area (Å²) in [7, 11) is 0. The van der Waals surface area contributed by atoms with Gasteiger partial charge in [-0.25, -0.2) is 5.32 Å². The van der Waals surface area contributed by atoms with Crippen LogP contribution >= 0.6 is 0 Å². The van der Waals surface area contributed by atoms with Gasteiger partial charge < -0.3 is 18.9 Å². The molecule has 0 aromatic heterocycles. The highest BCUT2D eigenvalue weighted by Gasteiger charge is 2.42. The Balaban J connectivity index is 5.24. The molecule has 0 saturated heterocycles. The van der Waals surface area contributed by atoms with Gasteiger partial charge in [0.25, 0.3) is 0 Å². The van der Waals surface area contributed by atoms with Crippen LogP contribution in [-0.4, -0.2) is 38.2 Å². The molecule has 140 valence electrons. The molecule has 0 aromatic rings. The molecule has 0 atom stereocenters. The van der Waals surface area contributed by atoms with Crippen LogP contribution in [-0.2, 0) is 18.9 Å². The summed E-state index contributed by atoms with van der Waals surface area (Å²) in [6, 6.07) is 0. The van der Waals surface area contributed by atoms with E-state index in [2.05, 4.69) is 46.9 Å². The summed E-state index contributed by atoms with van der Waals surface area (Å²) in [6.45, 7) is 15.0. The van der Waals surface area contributed by atoms with Gasteiger partial charge in [0.05, 0.1) is 26.4 Å². The van der Waals surface area contributed by atoms with E-state index < -0.39 is 11.8 Å². The summed E-state index contributed by atoms with van der Waals surface area (Å²) in [5.41, 5.74) is 0. The Morgan fingerprint density at radius 3 is 0.957 bits per heavy atom. The number of hydrogen-bond acceptors (Lipinski definition) is 5. The lowest BCUT2D eigenvalue weighted by atomic mass is 10.2. The zero-order chi connectivity index (χ0) is 17.6. The molecule has 0 saturated carbocycles. The van der Waals surface area contributed by atoms with Gasteiger partial charge in [0.2, 0.25) is 11.8 Å². The average Bonchev–Trinajstić information content (AvgIpc) is 2.60. The van der Waals surface area contributed by atoms with Gasteiger partial charge in [0.1, 0.15) is 0 Å². The molecule has 0 aliphatic carbocycles. The Kier molecular flexibility index (Phi) is 13.0. The molecule has 0 heterocycles. The lowest BCUT2D eigenvalue weighted by molar-refractivity contribution is -0.345. The summed E-state index contributed by atoms with van der Waals surface area (Å²) >= 11 is 0. The molecule has 0 radical (unpaired) electrons. The normalized spacial score (nSPS) is 12.8. The fourth-order valence-corrected chi connectivity index (χ4v) is 2.17. The van der Waals surface area contributed by atoms with Gasteiger partial charge >= 0.3 is 0 Å². The molecular weight excluding hydrogens is 294 g/mol. The van der Waals surface area contributed by atoms with E-state index in [1.807, 2.05) is 0 Å². The Morgan fingerprint density at radius 1 is 0.522 bits per heavy atom. The first-order chi connectivity index (χ1) is 11.1. The van der Waals surface area contributed by atoms with Crippen LogP contribution in [0.4, 0.5) is 0 Å². The van der Waals surface area contributed by atoms with Crippen molar-refractivity contribution in [1.82, 2.24) is 5.32 Å². The Labute approximate surface area is 143 Å². The maximum atomic E-state index is 6.05. The lowest BCUT2D eigenvalue weighted by Crippen LogP contribution is -2.63. The smallest absolute Gasteiger partial charge is 0.231 e. The number of hydrogen-bond donors (Lipinski definition) is 1. The first kappa shape index (κ1) is 22.8. The van der Waals surface area contributed by atoms with Gasteiger partial charge in [-0.05, 0) is 25.7 Å². The van der Waals surface area contributed by atoms with Crippen molar-refractivity contribution in [3.63, 3.8) is 0 Å². The standard InChI is InChI=1S/C18H39NO4/c1-7-13-20-17(11-5,21-14-8-2)19-18(12-6,22-15-9-3)23-16-10-4/h19H,7-16H2,1-6H3. The topological polar surface area (TPSA) is 49.0 Å². The van der Waals surface area contributed by atoms with E-state index >= 15 is 0 Å². The highest BCUT2D eigenvalue weighted by atomic mass is 16.8. The van der Waals surface area contributed by atoms with Crippen molar-refractivity contribution in [1.29, 1.82) is 0 Å². The highest BCUT2D eigenvalue weighted by molar-refractivity contribution is 4.75.